The van der Waals surface area contributed by atoms with E-state index in [1.54, 1.807) is 6.92 Å². The average molecular weight is 330 g/mol. The first-order valence-electron chi connectivity index (χ1n) is 9.88. The smallest absolute Gasteiger partial charge is 0.133 e. The van der Waals surface area contributed by atoms with Crippen LogP contribution in [-0.2, 0) is 9.53 Å². The Morgan fingerprint density at radius 2 is 2.08 bits per heavy atom. The van der Waals surface area contributed by atoms with Crippen LogP contribution < -0.4 is 0 Å². The van der Waals surface area contributed by atoms with Crippen LogP contribution in [0.4, 0.5) is 0 Å². The molecule has 0 amide bonds. The minimum atomic E-state index is -0.184. The van der Waals surface area contributed by atoms with Crippen molar-refractivity contribution >= 4 is 5.78 Å². The van der Waals surface area contributed by atoms with Gasteiger partial charge in [0.1, 0.15) is 5.78 Å². The Kier molecular flexibility index (Phi) is 2.94. The number of hydrogen-bond donors (Lipinski definition) is 1. The number of Topliss-reactive ketones (excluding diaryl/α,β-unsaturated/α-hetero) is 1. The molecule has 8 atom stereocenters. The molecule has 0 radical (unpaired) electrons. The largest absolute Gasteiger partial charge is 0.393 e. The first-order valence-corrected chi connectivity index (χ1v) is 9.88. The van der Waals surface area contributed by atoms with Crippen LogP contribution in [0.3, 0.4) is 0 Å². The third kappa shape index (κ3) is 1.64. The Morgan fingerprint density at radius 1 is 1.29 bits per heavy atom. The molecule has 5 rings (SSSR count). The Labute approximate surface area is 144 Å². The van der Waals surface area contributed by atoms with E-state index in [0.29, 0.717) is 23.5 Å². The molecule has 3 nitrogen and oxygen atoms in total. The van der Waals surface area contributed by atoms with Crippen molar-refractivity contribution in [2.45, 2.75) is 83.0 Å². The maximum Gasteiger partial charge on any atom is 0.133 e. The molecule has 0 aromatic carbocycles. The van der Waals surface area contributed by atoms with Gasteiger partial charge in [-0.25, -0.2) is 0 Å². The molecule has 8 unspecified atom stereocenters. The molecule has 0 bridgehead atoms. The standard InChI is InChI=1S/C21H30O3/c1-12(22)16-6-7-17-15-5-4-13-10-14(23)8-9-21(13)18(15)20(3,24-21)11-19(16,17)2/h4,14-18,23H,5-11H2,1-3H3. The minimum Gasteiger partial charge on any atom is -0.393 e. The average Bonchev–Trinajstić information content (AvgIpc) is 2.82. The molecule has 0 aromatic rings. The number of allylic oxidation sites excluding steroid dienone is 1. The molecule has 3 heteroatoms. The van der Waals surface area contributed by atoms with Gasteiger partial charge in [0.2, 0.25) is 0 Å². The first kappa shape index (κ1) is 15.6. The van der Waals surface area contributed by atoms with E-state index in [1.165, 1.54) is 12.0 Å². The van der Waals surface area contributed by atoms with E-state index >= 15 is 0 Å². The Bertz CT molecular complexity index is 639. The van der Waals surface area contributed by atoms with Crippen LogP contribution in [0.2, 0.25) is 0 Å². The molecule has 4 aliphatic carbocycles. The van der Waals surface area contributed by atoms with Crippen molar-refractivity contribution in [3.8, 4) is 0 Å². The van der Waals surface area contributed by atoms with Crippen molar-refractivity contribution in [2.75, 3.05) is 0 Å². The fourth-order valence-corrected chi connectivity index (χ4v) is 8.18. The van der Waals surface area contributed by atoms with E-state index in [9.17, 15) is 9.90 Å². The zero-order valence-electron chi connectivity index (χ0n) is 15.2. The van der Waals surface area contributed by atoms with Gasteiger partial charge in [-0.1, -0.05) is 13.0 Å². The highest BCUT2D eigenvalue weighted by Crippen LogP contribution is 2.73. The maximum absolute atomic E-state index is 12.3. The SMILES string of the molecule is CC(=O)C1CCC2C3CC=C4CC(O)CCC45OC(C)(CC12C)C35. The van der Waals surface area contributed by atoms with E-state index < -0.39 is 0 Å². The van der Waals surface area contributed by atoms with Gasteiger partial charge in [0.15, 0.2) is 0 Å². The number of carbonyl (C=O) groups is 1. The van der Waals surface area contributed by atoms with Gasteiger partial charge < -0.3 is 9.84 Å². The van der Waals surface area contributed by atoms with Crippen molar-refractivity contribution in [1.29, 1.82) is 0 Å². The van der Waals surface area contributed by atoms with Gasteiger partial charge in [-0.2, -0.15) is 0 Å². The molecule has 5 aliphatic rings. The maximum atomic E-state index is 12.3. The zero-order valence-corrected chi connectivity index (χ0v) is 15.2. The number of ketones is 1. The summed E-state index contributed by atoms with van der Waals surface area (Å²) in [6.45, 7) is 6.47. The third-order valence-corrected chi connectivity index (χ3v) is 8.64. The quantitative estimate of drug-likeness (QED) is 0.747. The second-order valence-electron chi connectivity index (χ2n) is 9.84. The molecular formula is C21H30O3. The Hall–Kier alpha value is -0.670. The van der Waals surface area contributed by atoms with Gasteiger partial charge >= 0.3 is 0 Å². The molecule has 3 saturated carbocycles. The molecule has 1 saturated heterocycles. The lowest BCUT2D eigenvalue weighted by molar-refractivity contribution is -0.362. The number of ether oxygens (including phenoxy) is 1. The number of hydrogen-bond acceptors (Lipinski definition) is 3. The minimum absolute atomic E-state index is 0.0737. The summed E-state index contributed by atoms with van der Waals surface area (Å²) < 4.78 is 6.75. The number of fused-ring (bicyclic) bond motifs is 2. The lowest BCUT2D eigenvalue weighted by atomic mass is 9.42. The van der Waals surface area contributed by atoms with E-state index in [-0.39, 0.29) is 28.6 Å². The topological polar surface area (TPSA) is 46.5 Å². The number of rotatable bonds is 1. The number of carbonyl (C=O) groups excluding carboxylic acids is 1. The van der Waals surface area contributed by atoms with Crippen LogP contribution in [0, 0.1) is 29.1 Å². The van der Waals surface area contributed by atoms with Crippen molar-refractivity contribution in [1.82, 2.24) is 0 Å². The predicted molar refractivity (Wildman–Crippen MR) is 91.4 cm³/mol. The van der Waals surface area contributed by atoms with Gasteiger partial charge in [-0.15, -0.1) is 0 Å². The molecule has 0 aromatic heterocycles. The summed E-state index contributed by atoms with van der Waals surface area (Å²) in [4.78, 5) is 12.3. The molecule has 1 heterocycles. The Morgan fingerprint density at radius 3 is 2.83 bits per heavy atom. The van der Waals surface area contributed by atoms with Crippen LogP contribution in [-0.4, -0.2) is 28.2 Å². The highest BCUT2D eigenvalue weighted by atomic mass is 16.6. The first-order chi connectivity index (χ1) is 11.3. The normalized spacial score (nSPS) is 58.0. The third-order valence-electron chi connectivity index (χ3n) is 8.64. The van der Waals surface area contributed by atoms with Crippen LogP contribution in [0.5, 0.6) is 0 Å². The van der Waals surface area contributed by atoms with E-state index in [1.807, 2.05) is 0 Å². The zero-order chi connectivity index (χ0) is 16.9. The molecule has 1 spiro atoms. The molecule has 24 heavy (non-hydrogen) atoms. The van der Waals surface area contributed by atoms with E-state index in [0.717, 1.165) is 38.5 Å². The highest BCUT2D eigenvalue weighted by Gasteiger charge is 2.74. The lowest BCUT2D eigenvalue weighted by Gasteiger charge is -2.73. The fourth-order valence-electron chi connectivity index (χ4n) is 8.18. The summed E-state index contributed by atoms with van der Waals surface area (Å²) in [6, 6.07) is 0. The van der Waals surface area contributed by atoms with Crippen molar-refractivity contribution in [2.24, 2.45) is 29.1 Å². The van der Waals surface area contributed by atoms with Crippen LogP contribution in [0.1, 0.15) is 65.7 Å². The monoisotopic (exact) mass is 330 g/mol. The van der Waals surface area contributed by atoms with Crippen molar-refractivity contribution < 1.29 is 14.6 Å². The molecule has 1 N–H and O–H groups in total. The lowest BCUT2D eigenvalue weighted by Crippen LogP contribution is -2.76. The van der Waals surface area contributed by atoms with Gasteiger partial charge in [0.05, 0.1) is 17.3 Å². The molecular weight excluding hydrogens is 300 g/mol. The van der Waals surface area contributed by atoms with Crippen LogP contribution in [0.25, 0.3) is 0 Å². The fraction of sp³-hybridized carbons (Fsp3) is 0.857. The van der Waals surface area contributed by atoms with E-state index in [2.05, 4.69) is 19.9 Å². The summed E-state index contributed by atoms with van der Waals surface area (Å²) in [5.74, 6) is 2.52. The second-order valence-corrected chi connectivity index (χ2v) is 9.84. The van der Waals surface area contributed by atoms with Crippen LogP contribution >= 0.6 is 0 Å². The van der Waals surface area contributed by atoms with Gasteiger partial charge in [0, 0.05) is 11.8 Å². The van der Waals surface area contributed by atoms with Gasteiger partial charge in [-0.05, 0) is 81.6 Å². The second kappa shape index (κ2) is 4.54. The van der Waals surface area contributed by atoms with E-state index in [4.69, 9.17) is 4.74 Å². The van der Waals surface area contributed by atoms with Crippen molar-refractivity contribution in [3.63, 3.8) is 0 Å². The summed E-state index contributed by atoms with van der Waals surface area (Å²) in [5.41, 5.74) is 1.34. The Balaban J connectivity index is 1.56. The van der Waals surface area contributed by atoms with Gasteiger partial charge in [0.25, 0.3) is 0 Å². The van der Waals surface area contributed by atoms with Crippen molar-refractivity contribution in [3.05, 3.63) is 11.6 Å². The number of aliphatic hydroxyl groups excluding tert-OH is 1. The predicted octanol–water partition coefficient (Wildman–Crippen LogP) is 3.65. The summed E-state index contributed by atoms with van der Waals surface area (Å²) >= 11 is 0. The molecule has 1 aliphatic heterocycles. The number of aliphatic hydroxyl groups is 1. The summed E-state index contributed by atoms with van der Waals surface area (Å²) in [7, 11) is 0. The van der Waals surface area contributed by atoms with Crippen LogP contribution in [0.15, 0.2) is 11.6 Å². The molecule has 4 fully saturated rings. The summed E-state index contributed by atoms with van der Waals surface area (Å²) in [5, 5.41) is 10.1. The summed E-state index contributed by atoms with van der Waals surface area (Å²) in [6.07, 6.45) is 9.30. The van der Waals surface area contributed by atoms with Gasteiger partial charge in [-0.3, -0.25) is 4.79 Å². The highest BCUT2D eigenvalue weighted by molar-refractivity contribution is 5.79. The molecule has 132 valence electrons.